The maximum Gasteiger partial charge on any atom is 0.0971 e. The first kappa shape index (κ1) is 8.42. The van der Waals surface area contributed by atoms with E-state index in [0.29, 0.717) is 12.0 Å². The van der Waals surface area contributed by atoms with E-state index >= 15 is 0 Å². The van der Waals surface area contributed by atoms with Crippen LogP contribution in [0.15, 0.2) is 4.99 Å². The molecular weight excluding hydrogens is 168 g/mol. The second kappa shape index (κ2) is 3.69. The van der Waals surface area contributed by atoms with Gasteiger partial charge in [0.15, 0.2) is 0 Å². The maximum absolute atomic E-state index is 5.85. The zero-order chi connectivity index (χ0) is 8.39. The summed E-state index contributed by atoms with van der Waals surface area (Å²) < 4.78 is 0. The predicted molar refractivity (Wildman–Crippen MR) is 54.7 cm³/mol. The summed E-state index contributed by atoms with van der Waals surface area (Å²) >= 11 is 2.04. The van der Waals surface area contributed by atoms with E-state index in [4.69, 9.17) is 5.73 Å². The molecule has 0 aromatic carbocycles. The molecule has 2 rings (SSSR count). The Balaban J connectivity index is 1.85. The number of hydrogen-bond acceptors (Lipinski definition) is 2. The van der Waals surface area contributed by atoms with Gasteiger partial charge in [-0.25, -0.2) is 0 Å². The summed E-state index contributed by atoms with van der Waals surface area (Å²) in [4.78, 5) is 4.58. The lowest BCUT2D eigenvalue weighted by molar-refractivity contribution is 0.624. The number of rotatable bonds is 2. The van der Waals surface area contributed by atoms with Gasteiger partial charge in [0.05, 0.1) is 11.9 Å². The predicted octanol–water partition coefficient (Wildman–Crippen LogP) is 1.65. The van der Waals surface area contributed by atoms with Crippen LogP contribution in [-0.4, -0.2) is 23.4 Å². The van der Waals surface area contributed by atoms with Crippen LogP contribution in [-0.2, 0) is 0 Å². The monoisotopic (exact) mass is 184 g/mol. The molecule has 0 unspecified atom stereocenters. The SMILES string of the molecule is NC(=NC1CCSCC1)C1CC1. The molecule has 1 saturated carbocycles. The number of aliphatic imine (C=N–C) groups is 1. The van der Waals surface area contributed by atoms with E-state index in [2.05, 4.69) is 4.99 Å². The van der Waals surface area contributed by atoms with Gasteiger partial charge in [0.25, 0.3) is 0 Å². The topological polar surface area (TPSA) is 38.4 Å². The Morgan fingerprint density at radius 3 is 2.42 bits per heavy atom. The van der Waals surface area contributed by atoms with Gasteiger partial charge < -0.3 is 5.73 Å². The number of amidine groups is 1. The number of hydrogen-bond donors (Lipinski definition) is 1. The molecule has 1 saturated heterocycles. The Labute approximate surface area is 78.0 Å². The second-order valence-corrected chi connectivity index (χ2v) is 4.90. The minimum atomic E-state index is 0.548. The highest BCUT2D eigenvalue weighted by molar-refractivity contribution is 7.99. The highest BCUT2D eigenvalue weighted by atomic mass is 32.2. The van der Waals surface area contributed by atoms with Crippen LogP contribution in [0, 0.1) is 5.92 Å². The van der Waals surface area contributed by atoms with Gasteiger partial charge in [0, 0.05) is 5.92 Å². The summed E-state index contributed by atoms with van der Waals surface area (Å²) in [6, 6.07) is 0.548. The average molecular weight is 184 g/mol. The minimum Gasteiger partial charge on any atom is -0.387 e. The largest absolute Gasteiger partial charge is 0.387 e. The van der Waals surface area contributed by atoms with Gasteiger partial charge in [0.2, 0.25) is 0 Å². The van der Waals surface area contributed by atoms with Crippen molar-refractivity contribution in [3.8, 4) is 0 Å². The Bertz CT molecular complexity index is 181. The van der Waals surface area contributed by atoms with Crippen molar-refractivity contribution < 1.29 is 0 Å². The molecule has 0 aromatic rings. The summed E-state index contributed by atoms with van der Waals surface area (Å²) in [5.41, 5.74) is 5.85. The third kappa shape index (κ3) is 2.16. The Hall–Kier alpha value is -0.180. The molecule has 1 heterocycles. The summed E-state index contributed by atoms with van der Waals surface area (Å²) in [6.07, 6.45) is 5.02. The summed E-state index contributed by atoms with van der Waals surface area (Å²) in [5, 5.41) is 0. The Kier molecular flexibility index (Phi) is 2.59. The highest BCUT2D eigenvalue weighted by Gasteiger charge is 2.26. The van der Waals surface area contributed by atoms with Gasteiger partial charge in [0.1, 0.15) is 0 Å². The van der Waals surface area contributed by atoms with E-state index in [0.717, 1.165) is 5.84 Å². The van der Waals surface area contributed by atoms with Gasteiger partial charge in [-0.05, 0) is 37.2 Å². The van der Waals surface area contributed by atoms with Crippen molar-refractivity contribution in [2.75, 3.05) is 11.5 Å². The third-order valence-corrected chi connectivity index (χ3v) is 3.57. The van der Waals surface area contributed by atoms with Crippen molar-refractivity contribution in [1.29, 1.82) is 0 Å². The molecule has 2 N–H and O–H groups in total. The van der Waals surface area contributed by atoms with E-state index < -0.39 is 0 Å². The Morgan fingerprint density at radius 1 is 1.17 bits per heavy atom. The van der Waals surface area contributed by atoms with Gasteiger partial charge in [-0.15, -0.1) is 0 Å². The molecule has 68 valence electrons. The first-order chi connectivity index (χ1) is 5.86. The number of nitrogens with zero attached hydrogens (tertiary/aromatic N) is 1. The highest BCUT2D eigenvalue weighted by Crippen LogP contribution is 2.30. The Morgan fingerprint density at radius 2 is 1.83 bits per heavy atom. The van der Waals surface area contributed by atoms with Crippen molar-refractivity contribution >= 4 is 17.6 Å². The van der Waals surface area contributed by atoms with E-state index in [1.54, 1.807) is 0 Å². The van der Waals surface area contributed by atoms with Crippen molar-refractivity contribution in [2.24, 2.45) is 16.6 Å². The fourth-order valence-corrected chi connectivity index (χ4v) is 2.59. The van der Waals surface area contributed by atoms with Crippen molar-refractivity contribution in [1.82, 2.24) is 0 Å². The molecule has 2 nitrogen and oxygen atoms in total. The van der Waals surface area contributed by atoms with Crippen LogP contribution in [0.4, 0.5) is 0 Å². The zero-order valence-electron chi connectivity index (χ0n) is 7.33. The molecular formula is C9H16N2S. The van der Waals surface area contributed by atoms with Gasteiger partial charge >= 0.3 is 0 Å². The first-order valence-electron chi connectivity index (χ1n) is 4.77. The second-order valence-electron chi connectivity index (χ2n) is 3.67. The molecule has 0 spiro atoms. The number of thioether (sulfide) groups is 1. The normalized spacial score (nSPS) is 27.5. The van der Waals surface area contributed by atoms with Crippen LogP contribution in [0.5, 0.6) is 0 Å². The van der Waals surface area contributed by atoms with Crippen LogP contribution >= 0.6 is 11.8 Å². The molecule has 0 atom stereocenters. The van der Waals surface area contributed by atoms with Crippen LogP contribution in [0.2, 0.25) is 0 Å². The van der Waals surface area contributed by atoms with Crippen LogP contribution in [0.3, 0.4) is 0 Å². The fraction of sp³-hybridized carbons (Fsp3) is 0.889. The molecule has 0 amide bonds. The van der Waals surface area contributed by atoms with E-state index in [-0.39, 0.29) is 0 Å². The van der Waals surface area contributed by atoms with Gasteiger partial charge in [-0.1, -0.05) is 0 Å². The lowest BCUT2D eigenvalue weighted by atomic mass is 10.2. The smallest absolute Gasteiger partial charge is 0.0971 e. The van der Waals surface area contributed by atoms with Crippen molar-refractivity contribution in [3.63, 3.8) is 0 Å². The molecule has 1 aliphatic carbocycles. The molecule has 1 aliphatic heterocycles. The van der Waals surface area contributed by atoms with Crippen LogP contribution < -0.4 is 5.73 Å². The lowest BCUT2D eigenvalue weighted by Gasteiger charge is -2.17. The van der Waals surface area contributed by atoms with Crippen LogP contribution in [0.25, 0.3) is 0 Å². The number of nitrogens with two attached hydrogens (primary N) is 1. The summed E-state index contributed by atoms with van der Waals surface area (Å²) in [7, 11) is 0. The molecule has 2 fully saturated rings. The van der Waals surface area contributed by atoms with Gasteiger partial charge in [-0.3, -0.25) is 4.99 Å². The molecule has 0 bridgehead atoms. The first-order valence-corrected chi connectivity index (χ1v) is 5.92. The van der Waals surface area contributed by atoms with Crippen molar-refractivity contribution in [2.45, 2.75) is 31.7 Å². The summed E-state index contributed by atoms with van der Waals surface area (Å²) in [6.45, 7) is 0. The average Bonchev–Trinajstić information content (AvgIpc) is 2.88. The third-order valence-electron chi connectivity index (χ3n) is 2.52. The lowest BCUT2D eigenvalue weighted by Crippen LogP contribution is -2.21. The molecule has 0 radical (unpaired) electrons. The van der Waals surface area contributed by atoms with E-state index in [1.807, 2.05) is 11.8 Å². The van der Waals surface area contributed by atoms with Crippen molar-refractivity contribution in [3.05, 3.63) is 0 Å². The molecule has 12 heavy (non-hydrogen) atoms. The summed E-state index contributed by atoms with van der Waals surface area (Å²) in [5.74, 6) is 4.13. The molecule has 3 heteroatoms. The van der Waals surface area contributed by atoms with Gasteiger partial charge in [-0.2, -0.15) is 11.8 Å². The zero-order valence-corrected chi connectivity index (χ0v) is 8.15. The maximum atomic E-state index is 5.85. The molecule has 2 aliphatic rings. The van der Waals surface area contributed by atoms with Crippen LogP contribution in [0.1, 0.15) is 25.7 Å². The quantitative estimate of drug-likeness (QED) is 0.523. The fourth-order valence-electron chi connectivity index (χ4n) is 1.51. The van der Waals surface area contributed by atoms with E-state index in [1.165, 1.54) is 37.2 Å². The minimum absolute atomic E-state index is 0.548. The molecule has 0 aromatic heterocycles. The van der Waals surface area contributed by atoms with E-state index in [9.17, 15) is 0 Å². The standard InChI is InChI=1S/C9H16N2S/c10-9(7-1-2-7)11-8-3-5-12-6-4-8/h7-8H,1-6H2,(H2,10,11).